The van der Waals surface area contributed by atoms with Gasteiger partial charge in [0.05, 0.1) is 11.8 Å². The lowest BCUT2D eigenvalue weighted by molar-refractivity contribution is 0.0222. The van der Waals surface area contributed by atoms with Crippen LogP contribution in [0.2, 0.25) is 0 Å². The molecule has 27 heavy (non-hydrogen) atoms. The lowest BCUT2D eigenvalue weighted by atomic mass is 9.68. The van der Waals surface area contributed by atoms with Crippen LogP contribution < -0.4 is 0 Å². The molecule has 0 unspecified atom stereocenters. The smallest absolute Gasteiger partial charge is 0.256 e. The topological polar surface area (TPSA) is 36.4 Å². The number of hydrogen-bond acceptors (Lipinski definition) is 3. The van der Waals surface area contributed by atoms with E-state index < -0.39 is 5.82 Å². The van der Waals surface area contributed by atoms with E-state index in [2.05, 4.69) is 47.3 Å². The highest BCUT2D eigenvalue weighted by atomic mass is 19.1. The molecule has 3 heterocycles. The third-order valence-corrected chi connectivity index (χ3v) is 6.20. The number of pyridine rings is 1. The molecule has 0 saturated carbocycles. The Morgan fingerprint density at radius 3 is 2.63 bits per heavy atom. The summed E-state index contributed by atoms with van der Waals surface area (Å²) in [6, 6.07) is 12.2. The van der Waals surface area contributed by atoms with Gasteiger partial charge < -0.3 is 9.80 Å². The van der Waals surface area contributed by atoms with Gasteiger partial charge in [-0.1, -0.05) is 30.3 Å². The number of hydrogen-bond donors (Lipinski definition) is 0. The van der Waals surface area contributed by atoms with Crippen LogP contribution in [-0.2, 0) is 0 Å². The number of rotatable bonds is 2. The molecule has 1 spiro atoms. The van der Waals surface area contributed by atoms with Crippen LogP contribution in [0.15, 0.2) is 48.8 Å². The van der Waals surface area contributed by atoms with Crippen LogP contribution in [-0.4, -0.2) is 53.9 Å². The number of carbonyl (C=O) groups excluding carboxylic acids is 1. The first-order valence-corrected chi connectivity index (χ1v) is 9.69. The fourth-order valence-corrected chi connectivity index (χ4v) is 4.88. The van der Waals surface area contributed by atoms with Gasteiger partial charge in [-0.05, 0) is 49.3 Å². The molecule has 1 aromatic carbocycles. The molecule has 0 bridgehead atoms. The third kappa shape index (κ3) is 3.74. The molecule has 0 radical (unpaired) electrons. The number of amides is 1. The van der Waals surface area contributed by atoms with Crippen molar-refractivity contribution in [1.82, 2.24) is 14.8 Å². The van der Waals surface area contributed by atoms with E-state index in [9.17, 15) is 9.18 Å². The van der Waals surface area contributed by atoms with E-state index in [4.69, 9.17) is 0 Å². The van der Waals surface area contributed by atoms with Crippen molar-refractivity contribution in [3.05, 3.63) is 65.7 Å². The van der Waals surface area contributed by atoms with Crippen LogP contribution in [0.25, 0.3) is 0 Å². The number of aromatic nitrogens is 1. The summed E-state index contributed by atoms with van der Waals surface area (Å²) in [5, 5.41) is 0. The first-order chi connectivity index (χ1) is 13.1. The highest BCUT2D eigenvalue weighted by molar-refractivity contribution is 5.94. The van der Waals surface area contributed by atoms with Gasteiger partial charge in [-0.15, -0.1) is 0 Å². The van der Waals surface area contributed by atoms with E-state index in [1.807, 2.05) is 0 Å². The number of halogens is 1. The van der Waals surface area contributed by atoms with Gasteiger partial charge in [0.15, 0.2) is 5.82 Å². The van der Waals surface area contributed by atoms with Crippen LogP contribution >= 0.6 is 0 Å². The number of piperidine rings is 2. The predicted octanol–water partition coefficient (Wildman–Crippen LogP) is 3.56. The predicted molar refractivity (Wildman–Crippen MR) is 103 cm³/mol. The second-order valence-electron chi connectivity index (χ2n) is 8.16. The number of benzene rings is 1. The molecule has 2 saturated heterocycles. The zero-order valence-electron chi connectivity index (χ0n) is 15.8. The molecule has 142 valence electrons. The molecule has 1 aromatic heterocycles. The largest absolute Gasteiger partial charge is 0.339 e. The van der Waals surface area contributed by atoms with Crippen molar-refractivity contribution in [3.63, 3.8) is 0 Å². The van der Waals surface area contributed by atoms with E-state index in [0.29, 0.717) is 19.0 Å². The normalized spacial score (nSPS) is 22.7. The summed E-state index contributed by atoms with van der Waals surface area (Å²) in [5.74, 6) is -0.220. The Bertz CT molecular complexity index is 802. The van der Waals surface area contributed by atoms with Crippen molar-refractivity contribution >= 4 is 5.91 Å². The zero-order chi connectivity index (χ0) is 18.9. The Balaban J connectivity index is 1.46. The van der Waals surface area contributed by atoms with Gasteiger partial charge in [0.2, 0.25) is 0 Å². The number of likely N-dealkylation sites (N-methyl/N-ethyl adjacent to an activating group) is 1. The highest BCUT2D eigenvalue weighted by Crippen LogP contribution is 2.44. The SMILES string of the molecule is CN1C[C@H](c2ccccc2)CC2(CCN(C(=O)c3ccncc3F)CC2)C1. The molecule has 2 fully saturated rings. The summed E-state index contributed by atoms with van der Waals surface area (Å²) >= 11 is 0. The Morgan fingerprint density at radius 1 is 1.19 bits per heavy atom. The Morgan fingerprint density at radius 2 is 1.93 bits per heavy atom. The summed E-state index contributed by atoms with van der Waals surface area (Å²) in [4.78, 5) is 20.7. The molecule has 4 nitrogen and oxygen atoms in total. The molecule has 5 heteroatoms. The van der Waals surface area contributed by atoms with Gasteiger partial charge in [-0.25, -0.2) is 4.39 Å². The highest BCUT2D eigenvalue weighted by Gasteiger charge is 2.42. The van der Waals surface area contributed by atoms with Gasteiger partial charge in [0.1, 0.15) is 0 Å². The Labute approximate surface area is 160 Å². The average Bonchev–Trinajstić information content (AvgIpc) is 2.68. The second-order valence-corrected chi connectivity index (χ2v) is 8.16. The lowest BCUT2D eigenvalue weighted by Crippen LogP contribution is -2.51. The van der Waals surface area contributed by atoms with Crippen molar-refractivity contribution in [2.45, 2.75) is 25.2 Å². The molecule has 0 aliphatic carbocycles. The van der Waals surface area contributed by atoms with Gasteiger partial charge in [0, 0.05) is 32.4 Å². The first kappa shape index (κ1) is 18.1. The van der Waals surface area contributed by atoms with E-state index in [-0.39, 0.29) is 16.9 Å². The van der Waals surface area contributed by atoms with Gasteiger partial charge in [0.25, 0.3) is 5.91 Å². The van der Waals surface area contributed by atoms with Crippen molar-refractivity contribution < 1.29 is 9.18 Å². The molecule has 2 aromatic rings. The maximum atomic E-state index is 13.9. The Hall–Kier alpha value is -2.27. The fourth-order valence-electron chi connectivity index (χ4n) is 4.88. The summed E-state index contributed by atoms with van der Waals surface area (Å²) < 4.78 is 13.9. The molecular weight excluding hydrogens is 341 g/mol. The summed E-state index contributed by atoms with van der Waals surface area (Å²) in [7, 11) is 2.20. The minimum atomic E-state index is -0.538. The number of carbonyl (C=O) groups is 1. The monoisotopic (exact) mass is 367 g/mol. The number of nitrogens with zero attached hydrogens (tertiary/aromatic N) is 3. The number of likely N-dealkylation sites (tertiary alicyclic amines) is 2. The van der Waals surface area contributed by atoms with Gasteiger partial charge >= 0.3 is 0 Å². The quantitative estimate of drug-likeness (QED) is 0.814. The summed E-state index contributed by atoms with van der Waals surface area (Å²) in [6.07, 6.45) is 5.69. The summed E-state index contributed by atoms with van der Waals surface area (Å²) in [6.45, 7) is 3.53. The second kappa shape index (κ2) is 7.39. The van der Waals surface area contributed by atoms with Crippen LogP contribution in [0, 0.1) is 11.2 Å². The van der Waals surface area contributed by atoms with Gasteiger partial charge in [-0.3, -0.25) is 9.78 Å². The molecule has 2 aliphatic rings. The van der Waals surface area contributed by atoms with E-state index in [1.165, 1.54) is 17.8 Å². The van der Waals surface area contributed by atoms with E-state index >= 15 is 0 Å². The minimum absolute atomic E-state index is 0.129. The maximum absolute atomic E-state index is 13.9. The van der Waals surface area contributed by atoms with Crippen LogP contribution in [0.1, 0.15) is 41.1 Å². The van der Waals surface area contributed by atoms with Crippen LogP contribution in [0.5, 0.6) is 0 Å². The van der Waals surface area contributed by atoms with Crippen molar-refractivity contribution in [2.75, 3.05) is 33.2 Å². The molecule has 4 rings (SSSR count). The van der Waals surface area contributed by atoms with Crippen LogP contribution in [0.4, 0.5) is 4.39 Å². The molecule has 1 amide bonds. The minimum Gasteiger partial charge on any atom is -0.339 e. The lowest BCUT2D eigenvalue weighted by Gasteiger charge is -2.49. The molecule has 1 atom stereocenters. The Kier molecular flexibility index (Phi) is 4.96. The van der Waals surface area contributed by atoms with Crippen molar-refractivity contribution in [2.24, 2.45) is 5.41 Å². The van der Waals surface area contributed by atoms with Crippen LogP contribution in [0.3, 0.4) is 0 Å². The fraction of sp³-hybridized carbons (Fsp3) is 0.455. The third-order valence-electron chi connectivity index (χ3n) is 6.20. The van der Waals surface area contributed by atoms with Gasteiger partial charge in [-0.2, -0.15) is 0 Å². The van der Waals surface area contributed by atoms with Crippen molar-refractivity contribution in [1.29, 1.82) is 0 Å². The van der Waals surface area contributed by atoms with E-state index in [0.717, 1.165) is 38.5 Å². The first-order valence-electron chi connectivity index (χ1n) is 9.69. The average molecular weight is 367 g/mol. The summed E-state index contributed by atoms with van der Waals surface area (Å²) in [5.41, 5.74) is 1.77. The van der Waals surface area contributed by atoms with Crippen molar-refractivity contribution in [3.8, 4) is 0 Å². The zero-order valence-corrected chi connectivity index (χ0v) is 15.8. The standard InChI is InChI=1S/C22H26FN3O/c1-25-15-18(17-5-3-2-4-6-17)13-22(16-25)8-11-26(12-9-22)21(27)19-7-10-24-14-20(19)23/h2-7,10,14,18H,8-9,11-13,15-16H2,1H3/t18-/m1/s1. The van der Waals surface area contributed by atoms with E-state index in [1.54, 1.807) is 4.90 Å². The molecule has 2 aliphatic heterocycles. The molecular formula is C22H26FN3O. The maximum Gasteiger partial charge on any atom is 0.256 e. The molecule has 0 N–H and O–H groups in total.